The highest BCUT2D eigenvalue weighted by atomic mass is 16.5. The lowest BCUT2D eigenvalue weighted by Gasteiger charge is -2.18. The summed E-state index contributed by atoms with van der Waals surface area (Å²) in [5.74, 6) is -2.43. The van der Waals surface area contributed by atoms with Gasteiger partial charge in [-0.2, -0.15) is 0 Å². The third-order valence-corrected chi connectivity index (χ3v) is 1.96. The Kier molecular flexibility index (Phi) is 5.87. The van der Waals surface area contributed by atoms with Gasteiger partial charge in [0, 0.05) is 27.3 Å². The van der Waals surface area contributed by atoms with Crippen LogP contribution in [0.25, 0.3) is 0 Å². The fraction of sp³-hybridized carbons (Fsp3) is 0.778. The van der Waals surface area contributed by atoms with E-state index in [1.54, 1.807) is 14.2 Å². The maximum atomic E-state index is 11.4. The molecule has 0 saturated heterocycles. The van der Waals surface area contributed by atoms with Gasteiger partial charge in [0.2, 0.25) is 5.91 Å². The van der Waals surface area contributed by atoms with Crippen LogP contribution in [0.1, 0.15) is 13.3 Å². The van der Waals surface area contributed by atoms with Gasteiger partial charge in [0.15, 0.2) is 0 Å². The normalized spacial score (nSPS) is 12.2. The fourth-order valence-corrected chi connectivity index (χ4v) is 0.992. The van der Waals surface area contributed by atoms with Crippen molar-refractivity contribution in [2.75, 3.05) is 27.3 Å². The summed E-state index contributed by atoms with van der Waals surface area (Å²) in [5, 5.41) is 8.60. The molecule has 0 aliphatic heterocycles. The van der Waals surface area contributed by atoms with Crippen LogP contribution < -0.4 is 0 Å². The topological polar surface area (TPSA) is 66.8 Å². The number of hydrogen-bond acceptors (Lipinski definition) is 3. The van der Waals surface area contributed by atoms with Gasteiger partial charge < -0.3 is 14.7 Å². The van der Waals surface area contributed by atoms with Gasteiger partial charge in [-0.15, -0.1) is 0 Å². The first-order valence-corrected chi connectivity index (χ1v) is 4.47. The largest absolute Gasteiger partial charge is 0.481 e. The number of amides is 1. The minimum Gasteiger partial charge on any atom is -0.481 e. The quantitative estimate of drug-likeness (QED) is 0.494. The molecular weight excluding hydrogens is 186 g/mol. The Bertz CT molecular complexity index is 205. The molecule has 1 amide bonds. The van der Waals surface area contributed by atoms with Crippen molar-refractivity contribution >= 4 is 11.9 Å². The number of rotatable bonds is 6. The maximum Gasteiger partial charge on any atom is 0.315 e. The highest BCUT2D eigenvalue weighted by molar-refractivity contribution is 5.96. The number of carbonyl (C=O) groups excluding carboxylic acids is 1. The molecule has 14 heavy (non-hydrogen) atoms. The number of carboxylic acid groups (broad SMARTS) is 1. The average Bonchev–Trinajstić information content (AvgIpc) is 2.15. The van der Waals surface area contributed by atoms with Gasteiger partial charge in [0.05, 0.1) is 0 Å². The van der Waals surface area contributed by atoms with Crippen LogP contribution in [0.5, 0.6) is 0 Å². The van der Waals surface area contributed by atoms with Crippen LogP contribution in [-0.2, 0) is 14.3 Å². The van der Waals surface area contributed by atoms with Crippen molar-refractivity contribution in [1.29, 1.82) is 0 Å². The molecule has 0 bridgehead atoms. The lowest BCUT2D eigenvalue weighted by atomic mass is 10.1. The molecule has 5 heteroatoms. The SMILES string of the molecule is COCCCN(C)C(=O)C(C)C(=O)O. The second-order valence-electron chi connectivity index (χ2n) is 3.17. The molecule has 0 saturated carbocycles. The molecule has 0 fully saturated rings. The zero-order chi connectivity index (χ0) is 11.1. The van der Waals surface area contributed by atoms with E-state index in [1.165, 1.54) is 11.8 Å². The van der Waals surface area contributed by atoms with Gasteiger partial charge in [-0.05, 0) is 13.3 Å². The molecule has 0 aromatic heterocycles. The van der Waals surface area contributed by atoms with Gasteiger partial charge in [-0.3, -0.25) is 9.59 Å². The molecule has 0 aliphatic carbocycles. The Morgan fingerprint density at radius 3 is 2.50 bits per heavy atom. The Morgan fingerprint density at radius 2 is 2.07 bits per heavy atom. The lowest BCUT2D eigenvalue weighted by Crippen LogP contribution is -2.36. The average molecular weight is 203 g/mol. The van der Waals surface area contributed by atoms with E-state index >= 15 is 0 Å². The summed E-state index contributed by atoms with van der Waals surface area (Å²) in [6.07, 6.45) is 0.713. The molecule has 0 radical (unpaired) electrons. The second-order valence-corrected chi connectivity index (χ2v) is 3.17. The van der Waals surface area contributed by atoms with Crippen LogP contribution in [0.4, 0.5) is 0 Å². The van der Waals surface area contributed by atoms with E-state index < -0.39 is 11.9 Å². The Hall–Kier alpha value is -1.10. The summed E-state index contributed by atoms with van der Waals surface area (Å²) in [6, 6.07) is 0. The molecule has 1 unspecified atom stereocenters. The summed E-state index contributed by atoms with van der Waals surface area (Å²) in [4.78, 5) is 23.3. The van der Waals surface area contributed by atoms with Crippen LogP contribution in [-0.4, -0.2) is 49.2 Å². The van der Waals surface area contributed by atoms with Crippen LogP contribution in [0.3, 0.4) is 0 Å². The van der Waals surface area contributed by atoms with Crippen LogP contribution in [0, 0.1) is 5.92 Å². The molecule has 0 aliphatic rings. The van der Waals surface area contributed by atoms with Crippen molar-refractivity contribution in [3.63, 3.8) is 0 Å². The third-order valence-electron chi connectivity index (χ3n) is 1.96. The summed E-state index contributed by atoms with van der Waals surface area (Å²) < 4.78 is 4.83. The molecule has 0 aromatic carbocycles. The number of nitrogens with zero attached hydrogens (tertiary/aromatic N) is 1. The van der Waals surface area contributed by atoms with Gasteiger partial charge in [-0.1, -0.05) is 0 Å². The van der Waals surface area contributed by atoms with Crippen LogP contribution >= 0.6 is 0 Å². The number of methoxy groups -OCH3 is 1. The first-order chi connectivity index (χ1) is 6.50. The van der Waals surface area contributed by atoms with E-state index in [2.05, 4.69) is 0 Å². The first kappa shape index (κ1) is 12.9. The first-order valence-electron chi connectivity index (χ1n) is 4.47. The summed E-state index contributed by atoms with van der Waals surface area (Å²) in [7, 11) is 3.18. The van der Waals surface area contributed by atoms with Crippen molar-refractivity contribution in [2.24, 2.45) is 5.92 Å². The molecule has 0 heterocycles. The molecule has 1 atom stereocenters. The highest BCUT2D eigenvalue weighted by Gasteiger charge is 2.23. The molecule has 5 nitrogen and oxygen atoms in total. The number of carbonyl (C=O) groups is 2. The van der Waals surface area contributed by atoms with Gasteiger partial charge in [0.25, 0.3) is 0 Å². The van der Waals surface area contributed by atoms with E-state index in [0.29, 0.717) is 19.6 Å². The van der Waals surface area contributed by atoms with Crippen molar-refractivity contribution in [3.8, 4) is 0 Å². The van der Waals surface area contributed by atoms with Gasteiger partial charge in [-0.25, -0.2) is 0 Å². The number of carboxylic acids is 1. The molecule has 1 N–H and O–H groups in total. The minimum atomic E-state index is -1.09. The zero-order valence-electron chi connectivity index (χ0n) is 8.82. The summed E-state index contributed by atoms with van der Waals surface area (Å²) >= 11 is 0. The predicted molar refractivity (Wildman–Crippen MR) is 50.9 cm³/mol. The number of ether oxygens (including phenoxy) is 1. The highest BCUT2D eigenvalue weighted by Crippen LogP contribution is 2.01. The maximum absolute atomic E-state index is 11.4. The van der Waals surface area contributed by atoms with E-state index in [-0.39, 0.29) is 5.91 Å². The van der Waals surface area contributed by atoms with E-state index in [0.717, 1.165) is 0 Å². The van der Waals surface area contributed by atoms with Crippen molar-refractivity contribution in [1.82, 2.24) is 4.90 Å². The molecule has 0 rings (SSSR count). The number of aliphatic carboxylic acids is 1. The van der Waals surface area contributed by atoms with Gasteiger partial charge in [0.1, 0.15) is 5.92 Å². The lowest BCUT2D eigenvalue weighted by molar-refractivity contribution is -0.149. The van der Waals surface area contributed by atoms with Crippen molar-refractivity contribution < 1.29 is 19.4 Å². The Balaban J connectivity index is 3.92. The fourth-order valence-electron chi connectivity index (χ4n) is 0.992. The van der Waals surface area contributed by atoms with E-state index in [1.807, 2.05) is 0 Å². The summed E-state index contributed by atoms with van der Waals surface area (Å²) in [5.41, 5.74) is 0. The number of hydrogen-bond donors (Lipinski definition) is 1. The zero-order valence-corrected chi connectivity index (χ0v) is 8.82. The van der Waals surface area contributed by atoms with E-state index in [4.69, 9.17) is 9.84 Å². The molecule has 0 aromatic rings. The van der Waals surface area contributed by atoms with Crippen molar-refractivity contribution in [2.45, 2.75) is 13.3 Å². The monoisotopic (exact) mass is 203 g/mol. The van der Waals surface area contributed by atoms with Crippen LogP contribution in [0.2, 0.25) is 0 Å². The summed E-state index contributed by atoms with van der Waals surface area (Å²) in [6.45, 7) is 2.47. The van der Waals surface area contributed by atoms with Crippen LogP contribution in [0.15, 0.2) is 0 Å². The van der Waals surface area contributed by atoms with E-state index in [9.17, 15) is 9.59 Å². The van der Waals surface area contributed by atoms with Gasteiger partial charge >= 0.3 is 5.97 Å². The second kappa shape index (κ2) is 6.37. The minimum absolute atomic E-state index is 0.367. The smallest absolute Gasteiger partial charge is 0.315 e. The standard InChI is InChI=1S/C9H17NO4/c1-7(9(12)13)8(11)10(2)5-4-6-14-3/h7H,4-6H2,1-3H3,(H,12,13). The molecular formula is C9H17NO4. The van der Waals surface area contributed by atoms with Crippen molar-refractivity contribution in [3.05, 3.63) is 0 Å². The molecule has 82 valence electrons. The molecule has 0 spiro atoms. The predicted octanol–water partition coefficient (Wildman–Crippen LogP) is 0.202. The Morgan fingerprint density at radius 1 is 1.50 bits per heavy atom. The third kappa shape index (κ3) is 4.23. The Labute approximate surface area is 83.6 Å².